The fourth-order valence-electron chi connectivity index (χ4n) is 2.03. The number of carbonyl (C=O) groups is 1. The highest BCUT2D eigenvalue weighted by Crippen LogP contribution is 2.10. The van der Waals surface area contributed by atoms with Crippen LogP contribution in [0.5, 0.6) is 0 Å². The molecule has 1 aromatic rings. The van der Waals surface area contributed by atoms with Gasteiger partial charge in [0.05, 0.1) is 13.2 Å². The van der Waals surface area contributed by atoms with E-state index in [1.54, 1.807) is 0 Å². The molecule has 0 spiro atoms. The van der Waals surface area contributed by atoms with Crippen LogP contribution in [0.4, 0.5) is 0 Å². The summed E-state index contributed by atoms with van der Waals surface area (Å²) in [5.74, 6) is -0.00562. The predicted molar refractivity (Wildman–Crippen MR) is 82.0 cm³/mol. The minimum Gasteiger partial charge on any atom is -0.395 e. The average molecular weight is 299 g/mol. The molecule has 0 aliphatic rings. The zero-order valence-corrected chi connectivity index (χ0v) is 12.7. The van der Waals surface area contributed by atoms with Crippen LogP contribution < -0.4 is 5.32 Å². The van der Waals surface area contributed by atoms with Crippen molar-refractivity contribution in [3.8, 4) is 0 Å². The summed E-state index contributed by atoms with van der Waals surface area (Å²) in [5, 5.41) is 12.5. The molecule has 0 aliphatic heterocycles. The van der Waals surface area contributed by atoms with Gasteiger partial charge in [-0.3, -0.25) is 9.69 Å². The van der Waals surface area contributed by atoms with Crippen molar-refractivity contribution in [2.75, 3.05) is 32.8 Å². The van der Waals surface area contributed by atoms with E-state index in [4.69, 9.17) is 16.7 Å². The van der Waals surface area contributed by atoms with E-state index in [0.717, 1.165) is 24.9 Å². The fraction of sp³-hybridized carbons (Fsp3) is 0.533. The largest absolute Gasteiger partial charge is 0.395 e. The molecule has 0 aliphatic carbocycles. The molecule has 0 unspecified atom stereocenters. The maximum atomic E-state index is 11.8. The zero-order chi connectivity index (χ0) is 14.8. The lowest BCUT2D eigenvalue weighted by Crippen LogP contribution is -2.39. The Morgan fingerprint density at radius 2 is 2.20 bits per heavy atom. The van der Waals surface area contributed by atoms with Crippen molar-refractivity contribution in [3.05, 3.63) is 34.9 Å². The summed E-state index contributed by atoms with van der Waals surface area (Å²) < 4.78 is 0. The maximum absolute atomic E-state index is 11.8. The van der Waals surface area contributed by atoms with Crippen LogP contribution in [0.1, 0.15) is 18.9 Å². The third kappa shape index (κ3) is 6.89. The molecule has 0 saturated carbocycles. The maximum Gasteiger partial charge on any atom is 0.234 e. The molecule has 0 aromatic heterocycles. The molecule has 2 N–H and O–H groups in total. The van der Waals surface area contributed by atoms with Crippen LogP contribution in [0.15, 0.2) is 24.3 Å². The SMILES string of the molecule is CCCN(CCO)CC(=O)NCCc1cccc(Cl)c1. The number of nitrogens with zero attached hydrogens (tertiary/aromatic N) is 1. The number of amides is 1. The van der Waals surface area contributed by atoms with Crippen LogP contribution in [-0.2, 0) is 11.2 Å². The third-order valence-electron chi connectivity index (χ3n) is 2.95. The molecule has 0 radical (unpaired) electrons. The minimum atomic E-state index is -0.00562. The highest BCUT2D eigenvalue weighted by atomic mass is 35.5. The number of halogens is 1. The van der Waals surface area contributed by atoms with Crippen LogP contribution in [0, 0.1) is 0 Å². The summed E-state index contributed by atoms with van der Waals surface area (Å²) in [6, 6.07) is 7.64. The van der Waals surface area contributed by atoms with Crippen LogP contribution in [0.3, 0.4) is 0 Å². The first kappa shape index (κ1) is 17.0. The lowest BCUT2D eigenvalue weighted by atomic mass is 10.1. The van der Waals surface area contributed by atoms with Gasteiger partial charge >= 0.3 is 0 Å². The Hall–Kier alpha value is -1.10. The minimum absolute atomic E-state index is 0.00562. The lowest BCUT2D eigenvalue weighted by Gasteiger charge is -2.19. The smallest absolute Gasteiger partial charge is 0.234 e. The number of aliphatic hydroxyl groups excluding tert-OH is 1. The van der Waals surface area contributed by atoms with Gasteiger partial charge in [0.25, 0.3) is 0 Å². The number of benzene rings is 1. The van der Waals surface area contributed by atoms with Crippen LogP contribution in [-0.4, -0.2) is 48.7 Å². The van der Waals surface area contributed by atoms with Crippen LogP contribution in [0.25, 0.3) is 0 Å². The fourth-order valence-corrected chi connectivity index (χ4v) is 2.24. The van der Waals surface area contributed by atoms with E-state index in [-0.39, 0.29) is 12.5 Å². The first-order valence-corrected chi connectivity index (χ1v) is 7.38. The molecular formula is C15H23ClN2O2. The Morgan fingerprint density at radius 3 is 2.85 bits per heavy atom. The molecule has 20 heavy (non-hydrogen) atoms. The van der Waals surface area contributed by atoms with E-state index in [9.17, 15) is 4.79 Å². The van der Waals surface area contributed by atoms with Gasteiger partial charge in [-0.1, -0.05) is 30.7 Å². The van der Waals surface area contributed by atoms with Gasteiger partial charge in [-0.05, 0) is 37.1 Å². The third-order valence-corrected chi connectivity index (χ3v) is 3.18. The average Bonchev–Trinajstić information content (AvgIpc) is 2.39. The molecule has 4 nitrogen and oxygen atoms in total. The second-order valence-corrected chi connectivity index (χ2v) is 5.17. The van der Waals surface area contributed by atoms with E-state index < -0.39 is 0 Å². The van der Waals surface area contributed by atoms with Crippen molar-refractivity contribution in [2.45, 2.75) is 19.8 Å². The van der Waals surface area contributed by atoms with E-state index in [2.05, 4.69) is 12.2 Å². The van der Waals surface area contributed by atoms with Crippen LogP contribution in [0.2, 0.25) is 5.02 Å². The summed E-state index contributed by atoms with van der Waals surface area (Å²) in [6.45, 7) is 4.43. The Kier molecular flexibility index (Phi) is 8.26. The van der Waals surface area contributed by atoms with Crippen molar-refractivity contribution in [1.29, 1.82) is 0 Å². The van der Waals surface area contributed by atoms with Gasteiger partial charge in [0.1, 0.15) is 0 Å². The highest BCUT2D eigenvalue weighted by molar-refractivity contribution is 6.30. The first-order valence-electron chi connectivity index (χ1n) is 7.00. The van der Waals surface area contributed by atoms with E-state index in [0.29, 0.717) is 24.7 Å². The second-order valence-electron chi connectivity index (χ2n) is 4.73. The zero-order valence-electron chi connectivity index (χ0n) is 11.9. The molecule has 1 amide bonds. The Bertz CT molecular complexity index is 407. The molecule has 0 bridgehead atoms. The van der Waals surface area contributed by atoms with Gasteiger partial charge in [0.15, 0.2) is 0 Å². The van der Waals surface area contributed by atoms with Crippen LogP contribution >= 0.6 is 11.6 Å². The first-order chi connectivity index (χ1) is 9.65. The number of hydrogen-bond donors (Lipinski definition) is 2. The number of rotatable bonds is 9. The van der Waals surface area contributed by atoms with Gasteiger partial charge in [-0.15, -0.1) is 0 Å². The lowest BCUT2D eigenvalue weighted by molar-refractivity contribution is -0.122. The molecule has 112 valence electrons. The Balaban J connectivity index is 2.28. The summed E-state index contributed by atoms with van der Waals surface area (Å²) >= 11 is 5.91. The van der Waals surface area contributed by atoms with Crippen molar-refractivity contribution in [1.82, 2.24) is 10.2 Å². The molecular weight excluding hydrogens is 276 g/mol. The molecule has 0 saturated heterocycles. The quantitative estimate of drug-likeness (QED) is 0.730. The summed E-state index contributed by atoms with van der Waals surface area (Å²) in [4.78, 5) is 13.8. The highest BCUT2D eigenvalue weighted by Gasteiger charge is 2.08. The molecule has 0 fully saturated rings. The number of hydrogen-bond acceptors (Lipinski definition) is 3. The van der Waals surface area contributed by atoms with Crippen molar-refractivity contribution in [3.63, 3.8) is 0 Å². The molecule has 1 rings (SSSR count). The molecule has 0 heterocycles. The van der Waals surface area contributed by atoms with Gasteiger partial charge in [0.2, 0.25) is 5.91 Å². The van der Waals surface area contributed by atoms with E-state index in [1.807, 2.05) is 29.2 Å². The van der Waals surface area contributed by atoms with E-state index in [1.165, 1.54) is 0 Å². The number of aliphatic hydroxyl groups is 1. The summed E-state index contributed by atoms with van der Waals surface area (Å²) in [6.07, 6.45) is 1.73. The Morgan fingerprint density at radius 1 is 1.40 bits per heavy atom. The van der Waals surface area contributed by atoms with Gasteiger partial charge in [-0.25, -0.2) is 0 Å². The van der Waals surface area contributed by atoms with Gasteiger partial charge in [0, 0.05) is 18.1 Å². The molecule has 5 heteroatoms. The number of nitrogens with one attached hydrogen (secondary N) is 1. The summed E-state index contributed by atoms with van der Waals surface area (Å²) in [5.41, 5.74) is 1.11. The monoisotopic (exact) mass is 298 g/mol. The Labute approximate surface area is 125 Å². The summed E-state index contributed by atoms with van der Waals surface area (Å²) in [7, 11) is 0. The molecule has 1 aromatic carbocycles. The second kappa shape index (κ2) is 9.75. The van der Waals surface area contributed by atoms with Crippen molar-refractivity contribution in [2.24, 2.45) is 0 Å². The van der Waals surface area contributed by atoms with Gasteiger partial charge < -0.3 is 10.4 Å². The van der Waals surface area contributed by atoms with Gasteiger partial charge in [-0.2, -0.15) is 0 Å². The normalized spacial score (nSPS) is 10.8. The van der Waals surface area contributed by atoms with E-state index >= 15 is 0 Å². The molecule has 0 atom stereocenters. The predicted octanol–water partition coefficient (Wildman–Crippen LogP) is 1.70. The number of carbonyl (C=O) groups excluding carboxylic acids is 1. The van der Waals surface area contributed by atoms with Crippen molar-refractivity contribution >= 4 is 17.5 Å². The standard InChI is InChI=1S/C15H23ClN2O2/c1-2-8-18(9-10-19)12-15(20)17-7-6-13-4-3-5-14(16)11-13/h3-5,11,19H,2,6-10,12H2,1H3,(H,17,20). The topological polar surface area (TPSA) is 52.6 Å². The van der Waals surface area contributed by atoms with Crippen molar-refractivity contribution < 1.29 is 9.90 Å².